The average molecular weight is 342 g/mol. The van der Waals surface area contributed by atoms with Crippen molar-refractivity contribution in [1.82, 2.24) is 0 Å². The molecule has 1 N–H and O–H groups in total. The quantitative estimate of drug-likeness (QED) is 0.393. The van der Waals surface area contributed by atoms with Crippen LogP contribution >= 0.6 is 46.4 Å². The smallest absolute Gasteiger partial charge is 0.341 e. The molecule has 0 aliphatic carbocycles. The van der Waals surface area contributed by atoms with Crippen molar-refractivity contribution in [2.45, 2.75) is 0 Å². The number of aromatic carboxylic acids is 1. The SMILES string of the molecule is C#CCOC(=O)c1c(Cl)c(Cl)c(Cl)c(Cl)c1C(=O)O. The minimum Gasteiger partial charge on any atom is -0.478 e. The number of hydrogen-bond acceptors (Lipinski definition) is 3. The lowest BCUT2D eigenvalue weighted by atomic mass is 10.1. The van der Waals surface area contributed by atoms with Crippen molar-refractivity contribution in [3.8, 4) is 12.3 Å². The highest BCUT2D eigenvalue weighted by molar-refractivity contribution is 6.54. The molecule has 1 aromatic rings. The molecule has 0 saturated heterocycles. The lowest BCUT2D eigenvalue weighted by molar-refractivity contribution is 0.0543. The molecule has 1 aromatic carbocycles. The third-order valence-electron chi connectivity index (χ3n) is 1.97. The number of halogens is 4. The number of carboxylic acids is 1. The summed E-state index contributed by atoms with van der Waals surface area (Å²) in [7, 11) is 0. The first kappa shape index (κ1) is 15.9. The molecule has 0 saturated carbocycles. The van der Waals surface area contributed by atoms with E-state index in [0.29, 0.717) is 0 Å². The first-order chi connectivity index (χ1) is 8.82. The number of carbonyl (C=O) groups is 2. The summed E-state index contributed by atoms with van der Waals surface area (Å²) in [4.78, 5) is 22.9. The zero-order valence-electron chi connectivity index (χ0n) is 8.97. The summed E-state index contributed by atoms with van der Waals surface area (Å²) in [6, 6.07) is 0. The lowest BCUT2D eigenvalue weighted by Crippen LogP contribution is -2.14. The van der Waals surface area contributed by atoms with E-state index in [4.69, 9.17) is 57.9 Å². The molecule has 100 valence electrons. The van der Waals surface area contributed by atoms with Crippen LogP contribution in [0.15, 0.2) is 0 Å². The van der Waals surface area contributed by atoms with Crippen LogP contribution in [0.3, 0.4) is 0 Å². The third-order valence-corrected chi connectivity index (χ3v) is 3.77. The predicted octanol–water partition coefficient (Wildman–Crippen LogP) is 3.79. The van der Waals surface area contributed by atoms with Crippen LogP contribution in [0.5, 0.6) is 0 Å². The minimum atomic E-state index is -1.50. The molecule has 0 aromatic heterocycles. The molecule has 0 heterocycles. The molecule has 0 bridgehead atoms. The van der Waals surface area contributed by atoms with Gasteiger partial charge in [-0.15, -0.1) is 6.42 Å². The monoisotopic (exact) mass is 340 g/mol. The van der Waals surface area contributed by atoms with Crippen LogP contribution in [-0.2, 0) is 4.74 Å². The van der Waals surface area contributed by atoms with E-state index >= 15 is 0 Å². The summed E-state index contributed by atoms with van der Waals surface area (Å²) in [6.45, 7) is -0.355. The number of benzene rings is 1. The fourth-order valence-corrected chi connectivity index (χ4v) is 2.21. The van der Waals surface area contributed by atoms with E-state index in [1.165, 1.54) is 0 Å². The molecule has 0 fully saturated rings. The molecule has 4 nitrogen and oxygen atoms in total. The van der Waals surface area contributed by atoms with Gasteiger partial charge in [0.05, 0.1) is 31.2 Å². The second-order valence-corrected chi connectivity index (χ2v) is 4.60. The van der Waals surface area contributed by atoms with E-state index in [-0.39, 0.29) is 21.7 Å². The average Bonchev–Trinajstić information content (AvgIpc) is 2.36. The van der Waals surface area contributed by atoms with Crippen molar-refractivity contribution in [3.05, 3.63) is 31.2 Å². The number of rotatable bonds is 3. The van der Waals surface area contributed by atoms with Crippen molar-refractivity contribution in [2.75, 3.05) is 6.61 Å². The van der Waals surface area contributed by atoms with Crippen LogP contribution in [0.25, 0.3) is 0 Å². The zero-order valence-corrected chi connectivity index (χ0v) is 12.0. The van der Waals surface area contributed by atoms with E-state index in [9.17, 15) is 9.59 Å². The highest BCUT2D eigenvalue weighted by Gasteiger charge is 2.29. The topological polar surface area (TPSA) is 63.6 Å². The van der Waals surface area contributed by atoms with Crippen LogP contribution in [0.1, 0.15) is 20.7 Å². The Morgan fingerprint density at radius 1 is 1.05 bits per heavy atom. The Morgan fingerprint density at radius 2 is 1.53 bits per heavy atom. The molecule has 8 heteroatoms. The zero-order chi connectivity index (χ0) is 14.7. The molecule has 0 amide bonds. The van der Waals surface area contributed by atoms with E-state index in [2.05, 4.69) is 10.7 Å². The number of carbonyl (C=O) groups excluding carboxylic acids is 1. The van der Waals surface area contributed by atoms with Gasteiger partial charge in [-0.1, -0.05) is 52.3 Å². The van der Waals surface area contributed by atoms with Crippen LogP contribution in [-0.4, -0.2) is 23.7 Å². The highest BCUT2D eigenvalue weighted by atomic mass is 35.5. The van der Waals surface area contributed by atoms with Gasteiger partial charge >= 0.3 is 11.9 Å². The van der Waals surface area contributed by atoms with Crippen molar-refractivity contribution in [1.29, 1.82) is 0 Å². The summed E-state index contributed by atoms with van der Waals surface area (Å²) < 4.78 is 4.62. The van der Waals surface area contributed by atoms with Gasteiger partial charge in [-0.2, -0.15) is 0 Å². The van der Waals surface area contributed by atoms with E-state index < -0.39 is 28.1 Å². The van der Waals surface area contributed by atoms with Gasteiger partial charge in [-0.25, -0.2) is 9.59 Å². The van der Waals surface area contributed by atoms with Gasteiger partial charge in [0.1, 0.15) is 0 Å². The summed E-state index contributed by atoms with van der Waals surface area (Å²) >= 11 is 23.0. The molecule has 0 radical (unpaired) electrons. The number of ether oxygens (including phenoxy) is 1. The molecule has 19 heavy (non-hydrogen) atoms. The Balaban J connectivity index is 3.57. The first-order valence-corrected chi connectivity index (χ1v) is 6.03. The fourth-order valence-electron chi connectivity index (χ4n) is 1.20. The lowest BCUT2D eigenvalue weighted by Gasteiger charge is -2.12. The maximum absolute atomic E-state index is 11.7. The van der Waals surface area contributed by atoms with Gasteiger partial charge in [0, 0.05) is 0 Å². The van der Waals surface area contributed by atoms with Gasteiger partial charge in [0.25, 0.3) is 0 Å². The second kappa shape index (κ2) is 6.36. The van der Waals surface area contributed by atoms with Gasteiger partial charge in [0.2, 0.25) is 0 Å². The third kappa shape index (κ3) is 3.07. The molecule has 0 spiro atoms. The summed E-state index contributed by atoms with van der Waals surface area (Å²) in [5.74, 6) is -0.505. The predicted molar refractivity (Wildman–Crippen MR) is 72.6 cm³/mol. The Labute approximate surface area is 128 Å². The summed E-state index contributed by atoms with van der Waals surface area (Å²) in [6.07, 6.45) is 4.92. The number of esters is 1. The van der Waals surface area contributed by atoms with Crippen molar-refractivity contribution >= 4 is 58.3 Å². The standard InChI is InChI=1S/C11H4Cl4O4/c1-2-3-19-11(18)5-4(10(16)17)6(12)8(14)9(15)7(5)13/h1H,3H2,(H,16,17). The van der Waals surface area contributed by atoms with Crippen LogP contribution < -0.4 is 0 Å². The van der Waals surface area contributed by atoms with E-state index in [1.54, 1.807) is 0 Å². The van der Waals surface area contributed by atoms with Gasteiger partial charge in [-0.05, 0) is 0 Å². The van der Waals surface area contributed by atoms with Crippen molar-refractivity contribution in [2.24, 2.45) is 0 Å². The molecule has 0 unspecified atom stereocenters. The van der Waals surface area contributed by atoms with Crippen LogP contribution in [0.4, 0.5) is 0 Å². The summed E-state index contributed by atoms with van der Waals surface area (Å²) in [5, 5.41) is 7.79. The molecular formula is C11H4Cl4O4. The summed E-state index contributed by atoms with van der Waals surface area (Å²) in [5.41, 5.74) is -1.09. The Morgan fingerprint density at radius 3 is 1.95 bits per heavy atom. The Hall–Kier alpha value is -1.12. The van der Waals surface area contributed by atoms with Gasteiger partial charge in [-0.3, -0.25) is 0 Å². The second-order valence-electron chi connectivity index (χ2n) is 3.09. The largest absolute Gasteiger partial charge is 0.478 e. The van der Waals surface area contributed by atoms with Gasteiger partial charge < -0.3 is 9.84 Å². The van der Waals surface area contributed by atoms with Crippen LogP contribution in [0.2, 0.25) is 20.1 Å². The number of hydrogen-bond donors (Lipinski definition) is 1. The number of carboxylic acid groups (broad SMARTS) is 1. The van der Waals surface area contributed by atoms with E-state index in [0.717, 1.165) is 0 Å². The van der Waals surface area contributed by atoms with E-state index in [1.807, 2.05) is 0 Å². The molecule has 1 rings (SSSR count). The molecule has 0 aliphatic rings. The maximum atomic E-state index is 11.7. The minimum absolute atomic E-state index is 0.244. The first-order valence-electron chi connectivity index (χ1n) is 4.52. The van der Waals surface area contributed by atoms with Crippen molar-refractivity contribution < 1.29 is 19.4 Å². The highest BCUT2D eigenvalue weighted by Crippen LogP contribution is 2.41. The van der Waals surface area contributed by atoms with Crippen LogP contribution in [0, 0.1) is 12.3 Å². The molecule has 0 aliphatic heterocycles. The molecular weight excluding hydrogens is 338 g/mol. The maximum Gasteiger partial charge on any atom is 0.341 e. The Kier molecular flexibility index (Phi) is 5.33. The Bertz CT molecular complexity index is 604. The molecule has 0 atom stereocenters. The van der Waals surface area contributed by atoms with Gasteiger partial charge in [0.15, 0.2) is 6.61 Å². The number of terminal acetylenes is 1. The fraction of sp³-hybridized carbons (Fsp3) is 0.0909. The normalized spacial score (nSPS) is 9.84. The van der Waals surface area contributed by atoms with Crippen molar-refractivity contribution in [3.63, 3.8) is 0 Å².